The van der Waals surface area contributed by atoms with Gasteiger partial charge in [-0.25, -0.2) is 0 Å². The van der Waals surface area contributed by atoms with Crippen molar-refractivity contribution in [1.29, 1.82) is 0 Å². The van der Waals surface area contributed by atoms with Gasteiger partial charge >= 0.3 is 0 Å². The molecule has 0 aliphatic heterocycles. The first kappa shape index (κ1) is 12.9. The summed E-state index contributed by atoms with van der Waals surface area (Å²) in [6.07, 6.45) is 6.68. The van der Waals surface area contributed by atoms with E-state index in [1.54, 1.807) is 0 Å². The number of allylic oxidation sites excluding steroid dienone is 4. The molecule has 0 aromatic rings. The first-order chi connectivity index (χ1) is 8.17. The third-order valence-electron chi connectivity index (χ3n) is 4.93. The zero-order chi connectivity index (χ0) is 13.2. The predicted octanol–water partition coefficient (Wildman–Crippen LogP) is 4.80. The summed E-state index contributed by atoms with van der Waals surface area (Å²) in [5, 5.41) is -0.435. The van der Waals surface area contributed by atoms with Gasteiger partial charge in [-0.3, -0.25) is 0 Å². The Labute approximate surface area is 135 Å². The first-order valence-electron chi connectivity index (χ1n) is 5.65. The van der Waals surface area contributed by atoms with Crippen LogP contribution in [0.4, 0.5) is 0 Å². The van der Waals surface area contributed by atoms with Gasteiger partial charge in [0.2, 0.25) is 0 Å². The Hall–Kier alpha value is 1.22. The Morgan fingerprint density at radius 3 is 2.28 bits per heavy atom. The maximum atomic E-state index is 6.81. The van der Waals surface area contributed by atoms with E-state index in [9.17, 15) is 0 Å². The van der Waals surface area contributed by atoms with Gasteiger partial charge in [-0.15, -0.1) is 69.6 Å². The van der Waals surface area contributed by atoms with E-state index in [-0.39, 0.29) is 0 Å². The van der Waals surface area contributed by atoms with E-state index in [1.165, 1.54) is 0 Å². The predicted molar refractivity (Wildman–Crippen MR) is 79.0 cm³/mol. The monoisotopic (exact) mass is 362 g/mol. The lowest BCUT2D eigenvalue weighted by molar-refractivity contribution is 0.505. The molecule has 6 atom stereocenters. The van der Waals surface area contributed by atoms with Crippen LogP contribution in [0.5, 0.6) is 0 Å². The van der Waals surface area contributed by atoms with E-state index >= 15 is 0 Å². The van der Waals surface area contributed by atoms with Crippen LogP contribution in [0.1, 0.15) is 12.8 Å². The summed E-state index contributed by atoms with van der Waals surface area (Å²) in [6.45, 7) is 0. The average Bonchev–Trinajstić information content (AvgIpc) is 3.07. The van der Waals surface area contributed by atoms with E-state index in [1.807, 2.05) is 18.2 Å². The van der Waals surface area contributed by atoms with Gasteiger partial charge in [-0.05, 0) is 18.4 Å². The van der Waals surface area contributed by atoms with E-state index in [2.05, 4.69) is 0 Å². The smallest absolute Gasteiger partial charge is 0.108 e. The molecule has 6 unspecified atom stereocenters. The van der Waals surface area contributed by atoms with Crippen LogP contribution in [0.15, 0.2) is 23.8 Å². The zero-order valence-electron chi connectivity index (χ0n) is 8.99. The largest absolute Gasteiger partial charge is 0.116 e. The van der Waals surface area contributed by atoms with E-state index in [0.717, 1.165) is 5.57 Å². The summed E-state index contributed by atoms with van der Waals surface area (Å²) in [4.78, 5) is -3.99. The number of hydrogen-bond donors (Lipinski definition) is 0. The molecular weight excluding hydrogens is 357 g/mol. The van der Waals surface area contributed by atoms with Crippen molar-refractivity contribution in [3.63, 3.8) is 0 Å². The van der Waals surface area contributed by atoms with Gasteiger partial charge < -0.3 is 0 Å². The van der Waals surface area contributed by atoms with Gasteiger partial charge in [0.15, 0.2) is 0 Å². The molecular formula is C12H8Cl6. The Morgan fingerprint density at radius 1 is 0.944 bits per heavy atom. The summed E-state index contributed by atoms with van der Waals surface area (Å²) in [5.74, 6) is 0. The second-order valence-corrected chi connectivity index (χ2v) is 9.28. The molecule has 4 aliphatic rings. The lowest BCUT2D eigenvalue weighted by atomic mass is 9.77. The minimum atomic E-state index is -0.955. The number of fused-ring (bicyclic) bond motifs is 6. The van der Waals surface area contributed by atoms with Crippen LogP contribution in [0, 0.1) is 0 Å². The normalized spacial score (nSPS) is 67.7. The standard InChI is InChI=1S/C12H8Cl6/c13-7-3-1-2-6-8(14)4-9(8,15)10(16)5-11(10,17)12(6,7)18/h1-3,7H,4-5H2. The summed E-state index contributed by atoms with van der Waals surface area (Å²) in [7, 11) is 0. The second kappa shape index (κ2) is 3.03. The van der Waals surface area contributed by atoms with Crippen molar-refractivity contribution in [1.82, 2.24) is 0 Å². The number of hydrogen-bond acceptors (Lipinski definition) is 0. The highest BCUT2D eigenvalue weighted by atomic mass is 35.5. The third kappa shape index (κ3) is 0.946. The van der Waals surface area contributed by atoms with Crippen LogP contribution >= 0.6 is 69.6 Å². The molecule has 98 valence electrons. The number of rotatable bonds is 0. The fourth-order valence-electron chi connectivity index (χ4n) is 3.72. The van der Waals surface area contributed by atoms with Crippen LogP contribution in [0.2, 0.25) is 0 Å². The molecule has 0 amide bonds. The van der Waals surface area contributed by atoms with E-state index in [0.29, 0.717) is 12.8 Å². The highest BCUT2D eigenvalue weighted by molar-refractivity contribution is 6.56. The molecule has 0 nitrogen and oxygen atoms in total. The summed E-state index contributed by atoms with van der Waals surface area (Å²) >= 11 is 39.8. The lowest BCUT2D eigenvalue weighted by Crippen LogP contribution is -2.59. The molecule has 0 aromatic heterocycles. The highest BCUT2D eigenvalue weighted by Gasteiger charge is 2.97. The Kier molecular flexibility index (Phi) is 2.18. The van der Waals surface area contributed by atoms with Crippen LogP contribution in [0.3, 0.4) is 0 Å². The summed E-state index contributed by atoms with van der Waals surface area (Å²) in [5.41, 5.74) is 0.819. The van der Waals surface area contributed by atoms with Crippen molar-refractivity contribution in [3.8, 4) is 0 Å². The molecule has 0 N–H and O–H groups in total. The minimum Gasteiger partial charge on any atom is -0.116 e. The van der Waals surface area contributed by atoms with Crippen LogP contribution in [-0.4, -0.2) is 29.7 Å². The second-order valence-electron chi connectivity index (χ2n) is 5.64. The fraction of sp³-hybridized carbons (Fsp3) is 0.667. The van der Waals surface area contributed by atoms with Crippen molar-refractivity contribution < 1.29 is 0 Å². The molecule has 3 saturated carbocycles. The summed E-state index contributed by atoms with van der Waals surface area (Å²) in [6, 6.07) is 0. The highest BCUT2D eigenvalue weighted by Crippen LogP contribution is 2.88. The van der Waals surface area contributed by atoms with Crippen molar-refractivity contribution >= 4 is 69.6 Å². The SMILES string of the molecule is ClC1C=CC=C2C3(Cl)CC3(Cl)C3(Cl)CC3(Cl)C21Cl. The van der Waals surface area contributed by atoms with E-state index < -0.39 is 29.7 Å². The Balaban J connectivity index is 2.00. The van der Waals surface area contributed by atoms with Gasteiger partial charge in [0.1, 0.15) is 4.87 Å². The molecule has 18 heavy (non-hydrogen) atoms. The lowest BCUT2D eigenvalue weighted by Gasteiger charge is -2.47. The molecule has 0 radical (unpaired) electrons. The quantitative estimate of drug-likeness (QED) is 0.542. The van der Waals surface area contributed by atoms with Gasteiger partial charge in [0.25, 0.3) is 0 Å². The Morgan fingerprint density at radius 2 is 1.61 bits per heavy atom. The first-order valence-corrected chi connectivity index (χ1v) is 7.98. The fourth-order valence-corrected chi connectivity index (χ4v) is 7.28. The van der Waals surface area contributed by atoms with Gasteiger partial charge in [0, 0.05) is 0 Å². The zero-order valence-corrected chi connectivity index (χ0v) is 13.5. The average molecular weight is 365 g/mol. The van der Waals surface area contributed by atoms with Crippen LogP contribution in [0.25, 0.3) is 0 Å². The number of halogens is 6. The number of alkyl halides is 6. The topological polar surface area (TPSA) is 0 Å². The molecule has 3 fully saturated rings. The molecule has 0 saturated heterocycles. The van der Waals surface area contributed by atoms with Crippen molar-refractivity contribution in [2.45, 2.75) is 42.6 Å². The minimum absolute atomic E-state index is 0.435. The molecule has 4 aliphatic carbocycles. The molecule has 4 rings (SSSR count). The van der Waals surface area contributed by atoms with Gasteiger partial charge in [-0.2, -0.15) is 0 Å². The molecule has 0 heterocycles. The molecule has 6 heteroatoms. The van der Waals surface area contributed by atoms with Gasteiger partial charge in [0.05, 0.1) is 24.9 Å². The van der Waals surface area contributed by atoms with Crippen molar-refractivity contribution in [2.24, 2.45) is 0 Å². The van der Waals surface area contributed by atoms with E-state index in [4.69, 9.17) is 69.6 Å². The molecule has 0 aromatic carbocycles. The summed E-state index contributed by atoms with van der Waals surface area (Å²) < 4.78 is 0. The van der Waals surface area contributed by atoms with Crippen molar-refractivity contribution in [3.05, 3.63) is 23.8 Å². The molecule has 0 spiro atoms. The molecule has 0 bridgehead atoms. The maximum Gasteiger partial charge on any atom is 0.108 e. The third-order valence-corrected chi connectivity index (χ3v) is 9.63. The van der Waals surface area contributed by atoms with Crippen LogP contribution in [-0.2, 0) is 0 Å². The van der Waals surface area contributed by atoms with Crippen LogP contribution < -0.4 is 0 Å². The van der Waals surface area contributed by atoms with Crippen molar-refractivity contribution in [2.75, 3.05) is 0 Å². The maximum absolute atomic E-state index is 6.81. The van der Waals surface area contributed by atoms with Gasteiger partial charge in [-0.1, -0.05) is 18.2 Å². The Bertz CT molecular complexity index is 543.